The number of hydrogen-bond acceptors (Lipinski definition) is 0. The Morgan fingerprint density at radius 2 is 1.85 bits per heavy atom. The van der Waals surface area contributed by atoms with Crippen LogP contribution in [0.1, 0.15) is 86.2 Å². The summed E-state index contributed by atoms with van der Waals surface area (Å²) in [4.78, 5) is 0.540. The van der Waals surface area contributed by atoms with Gasteiger partial charge in [0, 0.05) is 4.83 Å². The zero-order chi connectivity index (χ0) is 14.2. The maximum absolute atomic E-state index is 3.97. The Balaban J connectivity index is 1.88. The highest BCUT2D eigenvalue weighted by Gasteiger charge is 2.28. The molecule has 0 bridgehead atoms. The zero-order valence-corrected chi connectivity index (χ0v) is 14.5. The lowest BCUT2D eigenvalue weighted by molar-refractivity contribution is 0.316. The van der Waals surface area contributed by atoms with Crippen molar-refractivity contribution in [2.45, 2.75) is 76.0 Å². The molecule has 0 nitrogen and oxygen atoms in total. The monoisotopic (exact) mass is 334 g/mol. The van der Waals surface area contributed by atoms with E-state index in [1.807, 2.05) is 0 Å². The molecule has 1 atom stereocenters. The average Bonchev–Trinajstić information content (AvgIpc) is 2.56. The molecule has 0 amide bonds. The quantitative estimate of drug-likeness (QED) is 0.404. The number of alkyl halides is 1. The third-order valence-corrected chi connectivity index (χ3v) is 6.20. The fourth-order valence-corrected chi connectivity index (χ4v) is 5.30. The van der Waals surface area contributed by atoms with Crippen molar-refractivity contribution >= 4 is 15.9 Å². The molecule has 1 aromatic rings. The van der Waals surface area contributed by atoms with Crippen LogP contribution in [0.5, 0.6) is 0 Å². The Hall–Kier alpha value is -0.300. The Bertz CT molecular complexity index is 469. The fraction of sp³-hybridized carbons (Fsp3) is 0.684. The van der Waals surface area contributed by atoms with E-state index in [9.17, 15) is 0 Å². The van der Waals surface area contributed by atoms with Crippen molar-refractivity contribution in [3.63, 3.8) is 0 Å². The highest BCUT2D eigenvalue weighted by molar-refractivity contribution is 9.09. The summed E-state index contributed by atoms with van der Waals surface area (Å²) in [6.07, 6.45) is 10.9. The predicted molar refractivity (Wildman–Crippen MR) is 90.7 cm³/mol. The third-order valence-electron chi connectivity index (χ3n) is 5.39. The molecule has 1 saturated carbocycles. The number of halogens is 1. The highest BCUT2D eigenvalue weighted by Crippen LogP contribution is 2.45. The molecule has 2 aliphatic rings. The minimum absolute atomic E-state index is 0.457. The van der Waals surface area contributed by atoms with Crippen molar-refractivity contribution in [1.29, 1.82) is 0 Å². The van der Waals surface area contributed by atoms with Gasteiger partial charge in [-0.05, 0) is 60.1 Å². The number of hydrogen-bond donors (Lipinski definition) is 0. The lowest BCUT2D eigenvalue weighted by atomic mass is 9.82. The largest absolute Gasteiger partial charge is 0.0838 e. The molecule has 20 heavy (non-hydrogen) atoms. The molecule has 0 aromatic heterocycles. The average molecular weight is 335 g/mol. The molecule has 110 valence electrons. The van der Waals surface area contributed by atoms with Crippen LogP contribution in [0, 0.1) is 5.41 Å². The maximum atomic E-state index is 3.97. The molecule has 0 N–H and O–H groups in total. The summed E-state index contributed by atoms with van der Waals surface area (Å²) in [7, 11) is 0. The van der Waals surface area contributed by atoms with E-state index in [0.717, 1.165) is 5.92 Å². The van der Waals surface area contributed by atoms with Gasteiger partial charge < -0.3 is 0 Å². The Morgan fingerprint density at radius 3 is 2.60 bits per heavy atom. The number of rotatable bonds is 1. The van der Waals surface area contributed by atoms with Crippen LogP contribution in [-0.2, 0) is 6.42 Å². The summed E-state index contributed by atoms with van der Waals surface area (Å²) in [6.45, 7) is 4.82. The van der Waals surface area contributed by atoms with Crippen LogP contribution in [0.3, 0.4) is 0 Å². The summed E-state index contributed by atoms with van der Waals surface area (Å²) in [6, 6.07) is 7.38. The molecule has 1 unspecified atom stereocenters. The molecule has 0 radical (unpaired) electrons. The van der Waals surface area contributed by atoms with Gasteiger partial charge in [0.15, 0.2) is 0 Å². The zero-order valence-electron chi connectivity index (χ0n) is 12.9. The van der Waals surface area contributed by atoms with Gasteiger partial charge in [0.05, 0.1) is 0 Å². The van der Waals surface area contributed by atoms with Gasteiger partial charge in [0.2, 0.25) is 0 Å². The van der Waals surface area contributed by atoms with Crippen LogP contribution in [0.15, 0.2) is 18.2 Å². The van der Waals surface area contributed by atoms with Gasteiger partial charge in [-0.15, -0.1) is 0 Å². The molecular weight excluding hydrogens is 308 g/mol. The molecule has 2 aliphatic carbocycles. The molecular formula is C19H27Br. The molecule has 0 aliphatic heterocycles. The predicted octanol–water partition coefficient (Wildman–Crippen LogP) is 6.53. The topological polar surface area (TPSA) is 0 Å². The fourth-order valence-electron chi connectivity index (χ4n) is 3.99. The molecule has 0 spiro atoms. The standard InChI is InChI=1S/C19H27Br/c1-19(2)11-10-15-8-9-16(12-17(15)18(20)13-19)14-6-4-3-5-7-14/h8-9,12,14,18H,3-7,10-11,13H2,1-2H3. The minimum atomic E-state index is 0.457. The van der Waals surface area contributed by atoms with E-state index in [4.69, 9.17) is 0 Å². The normalized spacial score (nSPS) is 26.9. The second-order valence-corrected chi connectivity index (χ2v) is 8.73. The van der Waals surface area contributed by atoms with E-state index < -0.39 is 0 Å². The van der Waals surface area contributed by atoms with E-state index in [2.05, 4.69) is 48.0 Å². The first-order chi connectivity index (χ1) is 9.55. The van der Waals surface area contributed by atoms with Gasteiger partial charge in [0.25, 0.3) is 0 Å². The first-order valence-corrected chi connectivity index (χ1v) is 9.23. The lowest BCUT2D eigenvalue weighted by Crippen LogP contribution is -2.11. The molecule has 3 rings (SSSR count). The van der Waals surface area contributed by atoms with E-state index in [0.29, 0.717) is 10.2 Å². The molecule has 1 heteroatoms. The second-order valence-electron chi connectivity index (χ2n) is 7.63. The summed E-state index contributed by atoms with van der Waals surface area (Å²) < 4.78 is 0. The van der Waals surface area contributed by atoms with Crippen molar-refractivity contribution in [3.8, 4) is 0 Å². The van der Waals surface area contributed by atoms with Crippen molar-refractivity contribution in [3.05, 3.63) is 34.9 Å². The first-order valence-electron chi connectivity index (χ1n) is 8.32. The second kappa shape index (κ2) is 5.83. The number of aryl methyl sites for hydroxylation is 1. The van der Waals surface area contributed by atoms with E-state index >= 15 is 0 Å². The molecule has 1 fully saturated rings. The van der Waals surface area contributed by atoms with Crippen molar-refractivity contribution < 1.29 is 0 Å². The third kappa shape index (κ3) is 3.13. The van der Waals surface area contributed by atoms with E-state index in [-0.39, 0.29) is 0 Å². The van der Waals surface area contributed by atoms with Crippen molar-refractivity contribution in [2.75, 3.05) is 0 Å². The van der Waals surface area contributed by atoms with E-state index in [1.54, 1.807) is 16.7 Å². The summed E-state index contributed by atoms with van der Waals surface area (Å²) in [5.41, 5.74) is 5.22. The number of benzene rings is 1. The van der Waals surface area contributed by atoms with Crippen molar-refractivity contribution in [2.24, 2.45) is 5.41 Å². The number of fused-ring (bicyclic) bond motifs is 1. The van der Waals surface area contributed by atoms with Gasteiger partial charge >= 0.3 is 0 Å². The Morgan fingerprint density at radius 1 is 1.10 bits per heavy atom. The Labute approximate surface area is 132 Å². The maximum Gasteiger partial charge on any atom is 0.0403 e. The van der Waals surface area contributed by atoms with Gasteiger partial charge in [-0.25, -0.2) is 0 Å². The Kier molecular flexibility index (Phi) is 4.26. The minimum Gasteiger partial charge on any atom is -0.0838 e. The summed E-state index contributed by atoms with van der Waals surface area (Å²) in [5, 5.41) is 0. The van der Waals surface area contributed by atoms with Crippen LogP contribution < -0.4 is 0 Å². The SMILES string of the molecule is CC1(C)CCc2ccc(C3CCCCC3)cc2C(Br)C1. The molecule has 1 aromatic carbocycles. The van der Waals surface area contributed by atoms with Crippen LogP contribution >= 0.6 is 15.9 Å². The van der Waals surface area contributed by atoms with E-state index in [1.165, 1.54) is 51.4 Å². The van der Waals surface area contributed by atoms with Crippen LogP contribution in [0.25, 0.3) is 0 Å². The van der Waals surface area contributed by atoms with Gasteiger partial charge in [-0.1, -0.05) is 67.2 Å². The molecule has 0 saturated heterocycles. The van der Waals surface area contributed by atoms with Crippen LogP contribution in [0.4, 0.5) is 0 Å². The van der Waals surface area contributed by atoms with Gasteiger partial charge in [0.1, 0.15) is 0 Å². The van der Waals surface area contributed by atoms with Crippen molar-refractivity contribution in [1.82, 2.24) is 0 Å². The smallest absolute Gasteiger partial charge is 0.0403 e. The van der Waals surface area contributed by atoms with Gasteiger partial charge in [-0.3, -0.25) is 0 Å². The van der Waals surface area contributed by atoms with Gasteiger partial charge in [-0.2, -0.15) is 0 Å². The lowest BCUT2D eigenvalue weighted by Gasteiger charge is -2.25. The first kappa shape index (κ1) is 14.6. The molecule has 0 heterocycles. The van der Waals surface area contributed by atoms with Crippen LogP contribution in [0.2, 0.25) is 0 Å². The van der Waals surface area contributed by atoms with Crippen LogP contribution in [-0.4, -0.2) is 0 Å². The summed E-state index contributed by atoms with van der Waals surface area (Å²) >= 11 is 3.97. The highest BCUT2D eigenvalue weighted by atomic mass is 79.9. The summed E-state index contributed by atoms with van der Waals surface area (Å²) in [5.74, 6) is 0.824.